The van der Waals surface area contributed by atoms with Gasteiger partial charge in [0.2, 0.25) is 5.91 Å². The number of hydrogen-bond acceptors (Lipinski definition) is 4. The molecule has 1 atom stereocenters. The van der Waals surface area contributed by atoms with E-state index < -0.39 is 5.92 Å². The molecule has 1 unspecified atom stereocenters. The minimum absolute atomic E-state index is 0.143. The van der Waals surface area contributed by atoms with Crippen molar-refractivity contribution in [1.29, 1.82) is 0 Å². The molecule has 1 aromatic heterocycles. The summed E-state index contributed by atoms with van der Waals surface area (Å²) >= 11 is 5.98. The average molecular weight is 255 g/mol. The van der Waals surface area contributed by atoms with Crippen LogP contribution in [0.4, 0.5) is 5.69 Å². The van der Waals surface area contributed by atoms with Gasteiger partial charge in [-0.3, -0.25) is 14.6 Å². The van der Waals surface area contributed by atoms with Crippen molar-refractivity contribution < 1.29 is 14.3 Å². The quantitative estimate of drug-likeness (QED) is 0.746. The van der Waals surface area contributed by atoms with E-state index in [9.17, 15) is 9.59 Å². The number of ether oxygens (including phenoxy) is 1. The Balaban J connectivity index is 2.22. The van der Waals surface area contributed by atoms with Crippen molar-refractivity contribution in [2.24, 2.45) is 5.92 Å². The van der Waals surface area contributed by atoms with Crippen molar-refractivity contribution in [2.75, 3.05) is 18.6 Å². The van der Waals surface area contributed by atoms with E-state index >= 15 is 0 Å². The Morgan fingerprint density at radius 1 is 1.65 bits per heavy atom. The second kappa shape index (κ2) is 4.71. The van der Waals surface area contributed by atoms with Crippen LogP contribution in [0, 0.1) is 5.92 Å². The molecule has 1 fully saturated rings. The molecule has 0 saturated carbocycles. The van der Waals surface area contributed by atoms with Crippen molar-refractivity contribution in [2.45, 2.75) is 6.42 Å². The summed E-state index contributed by atoms with van der Waals surface area (Å²) in [6.45, 7) is 0.289. The zero-order chi connectivity index (χ0) is 12.4. The number of hydrogen-bond donors (Lipinski definition) is 0. The maximum absolute atomic E-state index is 11.8. The topological polar surface area (TPSA) is 59.5 Å². The van der Waals surface area contributed by atoms with Gasteiger partial charge in [0.05, 0.1) is 29.9 Å². The first-order valence-electron chi connectivity index (χ1n) is 5.11. The van der Waals surface area contributed by atoms with E-state index in [1.54, 1.807) is 12.3 Å². The first-order valence-corrected chi connectivity index (χ1v) is 5.49. The van der Waals surface area contributed by atoms with Gasteiger partial charge in [-0.1, -0.05) is 11.6 Å². The summed E-state index contributed by atoms with van der Waals surface area (Å²) in [5.41, 5.74) is 0.533. The molecule has 2 heterocycles. The highest BCUT2D eigenvalue weighted by Crippen LogP contribution is 2.30. The summed E-state index contributed by atoms with van der Waals surface area (Å²) < 4.78 is 4.63. The molecule has 0 aromatic carbocycles. The number of anilines is 1. The molecule has 0 aliphatic carbocycles. The lowest BCUT2D eigenvalue weighted by atomic mass is 10.1. The van der Waals surface area contributed by atoms with Gasteiger partial charge in [0, 0.05) is 19.2 Å². The Hall–Kier alpha value is -1.62. The number of carbonyl (C=O) groups is 2. The third-order valence-corrected chi connectivity index (χ3v) is 3.02. The molecule has 0 N–H and O–H groups in total. The van der Waals surface area contributed by atoms with Gasteiger partial charge in [-0.05, 0) is 6.07 Å². The zero-order valence-electron chi connectivity index (χ0n) is 9.22. The van der Waals surface area contributed by atoms with Gasteiger partial charge in [-0.15, -0.1) is 0 Å². The molecule has 0 spiro atoms. The molecular formula is C11H11ClN2O3. The van der Waals surface area contributed by atoms with Gasteiger partial charge < -0.3 is 9.64 Å². The fourth-order valence-corrected chi connectivity index (χ4v) is 2.04. The Morgan fingerprint density at radius 3 is 3.06 bits per heavy atom. The second-order valence-corrected chi connectivity index (χ2v) is 4.16. The predicted octanol–water partition coefficient (Wildman–Crippen LogP) is 1.26. The van der Waals surface area contributed by atoms with Crippen molar-refractivity contribution in [3.8, 4) is 0 Å². The standard InChI is InChI=1S/C11H11ClN2O3/c1-17-11(16)7-4-10(15)14(6-7)9-5-13-3-2-8(9)12/h2-3,5,7H,4,6H2,1H3. The predicted molar refractivity (Wildman–Crippen MR) is 61.7 cm³/mol. The Labute approximate surface area is 103 Å². The lowest BCUT2D eigenvalue weighted by Gasteiger charge is -2.16. The number of esters is 1. The second-order valence-electron chi connectivity index (χ2n) is 3.76. The summed E-state index contributed by atoms with van der Waals surface area (Å²) in [6, 6.07) is 1.61. The van der Waals surface area contributed by atoms with Crippen LogP contribution >= 0.6 is 11.6 Å². The molecule has 90 valence electrons. The summed E-state index contributed by atoms with van der Waals surface area (Å²) in [4.78, 5) is 28.6. The number of nitrogens with zero attached hydrogens (tertiary/aromatic N) is 2. The van der Waals surface area contributed by atoms with Crippen LogP contribution < -0.4 is 4.90 Å². The summed E-state index contributed by atoms with van der Waals surface area (Å²) in [5, 5.41) is 0.443. The van der Waals surface area contributed by atoms with E-state index in [1.807, 2.05) is 0 Å². The van der Waals surface area contributed by atoms with Crippen LogP contribution in [0.1, 0.15) is 6.42 Å². The highest BCUT2D eigenvalue weighted by Gasteiger charge is 2.36. The molecule has 0 bridgehead atoms. The van der Waals surface area contributed by atoms with E-state index in [0.717, 1.165) is 0 Å². The van der Waals surface area contributed by atoms with E-state index in [4.69, 9.17) is 11.6 Å². The summed E-state index contributed by atoms with van der Waals surface area (Å²) in [5.74, 6) is -0.945. The number of pyridine rings is 1. The van der Waals surface area contributed by atoms with Crippen LogP contribution in [0.25, 0.3) is 0 Å². The van der Waals surface area contributed by atoms with Crippen molar-refractivity contribution in [3.63, 3.8) is 0 Å². The fourth-order valence-electron chi connectivity index (χ4n) is 1.83. The van der Waals surface area contributed by atoms with Crippen LogP contribution in [0.3, 0.4) is 0 Å². The number of halogens is 1. The lowest BCUT2D eigenvalue weighted by Crippen LogP contribution is -2.26. The normalized spacial score (nSPS) is 19.5. The fraction of sp³-hybridized carbons (Fsp3) is 0.364. The molecule has 17 heavy (non-hydrogen) atoms. The summed E-state index contributed by atoms with van der Waals surface area (Å²) in [6.07, 6.45) is 3.21. The maximum Gasteiger partial charge on any atom is 0.311 e. The summed E-state index contributed by atoms with van der Waals surface area (Å²) in [7, 11) is 1.31. The van der Waals surface area contributed by atoms with Crippen LogP contribution in [0.5, 0.6) is 0 Å². The Kier molecular flexibility index (Phi) is 3.28. The number of aromatic nitrogens is 1. The van der Waals surface area contributed by atoms with Crippen LogP contribution in [-0.4, -0.2) is 30.5 Å². The minimum Gasteiger partial charge on any atom is -0.469 e. The van der Waals surface area contributed by atoms with E-state index in [1.165, 1.54) is 18.2 Å². The molecule has 1 aromatic rings. The van der Waals surface area contributed by atoms with Crippen molar-refractivity contribution in [3.05, 3.63) is 23.5 Å². The number of methoxy groups -OCH3 is 1. The molecule has 1 aliphatic rings. The highest BCUT2D eigenvalue weighted by molar-refractivity contribution is 6.33. The molecule has 1 aliphatic heterocycles. The van der Waals surface area contributed by atoms with Crippen LogP contribution in [0.15, 0.2) is 18.5 Å². The van der Waals surface area contributed by atoms with Gasteiger partial charge in [0.1, 0.15) is 0 Å². The van der Waals surface area contributed by atoms with Gasteiger partial charge in [0.15, 0.2) is 0 Å². The molecule has 6 heteroatoms. The maximum atomic E-state index is 11.8. The molecule has 2 rings (SSSR count). The smallest absolute Gasteiger partial charge is 0.311 e. The lowest BCUT2D eigenvalue weighted by molar-refractivity contribution is -0.145. The van der Waals surface area contributed by atoms with E-state index in [-0.39, 0.29) is 24.8 Å². The van der Waals surface area contributed by atoms with E-state index in [2.05, 4.69) is 9.72 Å². The van der Waals surface area contributed by atoms with Crippen molar-refractivity contribution in [1.82, 2.24) is 4.98 Å². The number of rotatable bonds is 2. The van der Waals surface area contributed by atoms with E-state index in [0.29, 0.717) is 10.7 Å². The molecule has 1 amide bonds. The monoisotopic (exact) mass is 254 g/mol. The molecule has 1 saturated heterocycles. The van der Waals surface area contributed by atoms with Gasteiger partial charge in [-0.25, -0.2) is 0 Å². The molecule has 0 radical (unpaired) electrons. The first kappa shape index (κ1) is 11.9. The third kappa shape index (κ3) is 2.24. The zero-order valence-corrected chi connectivity index (χ0v) is 9.98. The van der Waals surface area contributed by atoms with Gasteiger partial charge >= 0.3 is 5.97 Å². The molecule has 5 nitrogen and oxygen atoms in total. The van der Waals surface area contributed by atoms with Crippen LogP contribution in [-0.2, 0) is 14.3 Å². The number of carbonyl (C=O) groups excluding carboxylic acids is 2. The van der Waals surface area contributed by atoms with Gasteiger partial charge in [0.25, 0.3) is 0 Å². The largest absolute Gasteiger partial charge is 0.469 e. The molecular weight excluding hydrogens is 244 g/mol. The highest BCUT2D eigenvalue weighted by atomic mass is 35.5. The van der Waals surface area contributed by atoms with Gasteiger partial charge in [-0.2, -0.15) is 0 Å². The van der Waals surface area contributed by atoms with Crippen molar-refractivity contribution >= 4 is 29.2 Å². The SMILES string of the molecule is COC(=O)C1CC(=O)N(c2cnccc2Cl)C1. The van der Waals surface area contributed by atoms with Crippen LogP contribution in [0.2, 0.25) is 5.02 Å². The first-order chi connectivity index (χ1) is 8.13. The number of amides is 1. The average Bonchev–Trinajstić information content (AvgIpc) is 2.71. The minimum atomic E-state index is -0.427. The third-order valence-electron chi connectivity index (χ3n) is 2.70. The Morgan fingerprint density at radius 2 is 2.41 bits per heavy atom. The Bertz CT molecular complexity index is 464.